The Labute approximate surface area is 218 Å². The van der Waals surface area contributed by atoms with E-state index in [4.69, 9.17) is 15.0 Å². The summed E-state index contributed by atoms with van der Waals surface area (Å²) in [5, 5.41) is 5.80. The zero-order chi connectivity index (χ0) is 25.2. The number of anilines is 3. The van der Waals surface area contributed by atoms with Crippen LogP contribution in [0.4, 0.5) is 17.8 Å². The smallest absolute Gasteiger partial charge is 0.250 e. The Bertz CT molecular complexity index is 1390. The Kier molecular flexibility index (Phi) is 6.47. The highest BCUT2D eigenvalue weighted by Crippen LogP contribution is 2.27. The van der Waals surface area contributed by atoms with E-state index >= 15 is 0 Å². The van der Waals surface area contributed by atoms with Gasteiger partial charge in [0, 0.05) is 54.9 Å². The minimum absolute atomic E-state index is 0.497. The van der Waals surface area contributed by atoms with Crippen molar-refractivity contribution in [1.82, 2.24) is 19.5 Å². The molecule has 2 aromatic carbocycles. The third-order valence-corrected chi connectivity index (χ3v) is 7.62. The van der Waals surface area contributed by atoms with Gasteiger partial charge in [0.15, 0.2) is 0 Å². The molecular formula is C29H34N8. The lowest BCUT2D eigenvalue weighted by atomic mass is 10.1. The Morgan fingerprint density at radius 2 is 1.43 bits per heavy atom. The molecule has 4 heterocycles. The molecule has 1 N–H and O–H groups in total. The second-order valence-electron chi connectivity index (χ2n) is 10.0. The lowest BCUT2D eigenvalue weighted by molar-refractivity contribution is 0.799. The third kappa shape index (κ3) is 4.75. The van der Waals surface area contributed by atoms with Gasteiger partial charge in [0.25, 0.3) is 0 Å². The number of nitrogens with one attached hydrogen (secondary N) is 1. The van der Waals surface area contributed by atoms with Crippen molar-refractivity contribution in [2.24, 2.45) is 5.10 Å². The molecule has 0 saturated carbocycles. The van der Waals surface area contributed by atoms with E-state index in [-0.39, 0.29) is 0 Å². The first-order valence-electron chi connectivity index (χ1n) is 13.3. The van der Waals surface area contributed by atoms with Gasteiger partial charge in [0.2, 0.25) is 17.8 Å². The van der Waals surface area contributed by atoms with Crippen molar-refractivity contribution in [3.05, 3.63) is 70.9 Å². The fourth-order valence-corrected chi connectivity index (χ4v) is 5.46. The first kappa shape index (κ1) is 23.5. The third-order valence-electron chi connectivity index (χ3n) is 7.62. The molecule has 190 valence electrons. The van der Waals surface area contributed by atoms with Crippen LogP contribution in [0.3, 0.4) is 0 Å². The number of aromatic nitrogens is 4. The largest absolute Gasteiger partial charge is 0.341 e. The van der Waals surface area contributed by atoms with Gasteiger partial charge in [0.05, 0.1) is 6.21 Å². The van der Waals surface area contributed by atoms with Crippen LogP contribution >= 0.6 is 0 Å². The van der Waals surface area contributed by atoms with Gasteiger partial charge in [-0.3, -0.25) is 0 Å². The number of aryl methyl sites for hydroxylation is 1. The van der Waals surface area contributed by atoms with Gasteiger partial charge in [-0.25, -0.2) is 5.43 Å². The van der Waals surface area contributed by atoms with E-state index in [1.807, 2.05) is 6.21 Å². The quantitative estimate of drug-likeness (QED) is 0.283. The predicted molar refractivity (Wildman–Crippen MR) is 151 cm³/mol. The molecule has 37 heavy (non-hydrogen) atoms. The highest BCUT2D eigenvalue weighted by molar-refractivity contribution is 6.01. The fourth-order valence-electron chi connectivity index (χ4n) is 5.46. The van der Waals surface area contributed by atoms with Crippen LogP contribution in [0.5, 0.6) is 0 Å². The maximum Gasteiger partial charge on any atom is 0.250 e. The maximum absolute atomic E-state index is 4.80. The van der Waals surface area contributed by atoms with Crippen molar-refractivity contribution < 1.29 is 0 Å². The summed E-state index contributed by atoms with van der Waals surface area (Å²) in [6.45, 7) is 9.13. The molecular weight excluding hydrogens is 460 g/mol. The Morgan fingerprint density at radius 3 is 2.11 bits per heavy atom. The molecule has 0 bridgehead atoms. The van der Waals surface area contributed by atoms with Gasteiger partial charge in [-0.15, -0.1) is 0 Å². The molecule has 6 rings (SSSR count). The lowest BCUT2D eigenvalue weighted by Gasteiger charge is -2.20. The Hall–Kier alpha value is -3.94. The van der Waals surface area contributed by atoms with Gasteiger partial charge in [-0.1, -0.05) is 42.5 Å². The van der Waals surface area contributed by atoms with Crippen LogP contribution in [-0.4, -0.2) is 51.9 Å². The molecule has 0 spiro atoms. The Balaban J connectivity index is 1.30. The number of nitrogens with zero attached hydrogens (tertiary/aromatic N) is 7. The second kappa shape index (κ2) is 10.2. The summed E-state index contributed by atoms with van der Waals surface area (Å²) >= 11 is 0. The second-order valence-corrected chi connectivity index (χ2v) is 10.0. The Morgan fingerprint density at radius 1 is 0.811 bits per heavy atom. The van der Waals surface area contributed by atoms with E-state index in [0.717, 1.165) is 50.2 Å². The van der Waals surface area contributed by atoms with Gasteiger partial charge >= 0.3 is 0 Å². The molecule has 4 aromatic rings. The molecule has 8 nitrogen and oxygen atoms in total. The van der Waals surface area contributed by atoms with Crippen molar-refractivity contribution in [3.63, 3.8) is 0 Å². The number of fused-ring (bicyclic) bond motifs is 1. The van der Waals surface area contributed by atoms with Crippen LogP contribution in [0.1, 0.15) is 48.1 Å². The van der Waals surface area contributed by atoms with E-state index in [0.29, 0.717) is 5.95 Å². The van der Waals surface area contributed by atoms with Crippen molar-refractivity contribution in [2.45, 2.75) is 46.1 Å². The SMILES string of the molecule is Cc1ccccc1Cn1c(C)c(/C=N/Nc2nc(N3CCCC3)nc(N3CCCC3)n2)c2ccccc21. The molecule has 8 heteroatoms. The topological polar surface area (TPSA) is 74.5 Å². The molecule has 0 unspecified atom stereocenters. The lowest BCUT2D eigenvalue weighted by Crippen LogP contribution is -2.25. The molecule has 0 aliphatic carbocycles. The van der Waals surface area contributed by atoms with Crippen molar-refractivity contribution >= 4 is 35.0 Å². The fraction of sp³-hybridized carbons (Fsp3) is 0.379. The van der Waals surface area contributed by atoms with Crippen LogP contribution in [0.25, 0.3) is 10.9 Å². The average Bonchev–Trinajstić information content (AvgIpc) is 3.69. The first-order chi connectivity index (χ1) is 18.2. The van der Waals surface area contributed by atoms with E-state index < -0.39 is 0 Å². The summed E-state index contributed by atoms with van der Waals surface area (Å²) in [6.07, 6.45) is 6.62. The first-order valence-corrected chi connectivity index (χ1v) is 13.3. The zero-order valence-corrected chi connectivity index (χ0v) is 21.7. The standard InChI is InChI=1S/C29H34N8/c1-21-11-3-4-12-23(21)20-37-22(2)25(24-13-5-6-14-26(24)37)19-30-34-27-31-28(35-15-7-8-16-35)33-29(32-27)36-17-9-10-18-36/h3-6,11-14,19H,7-10,15-18,20H2,1-2H3,(H,31,32,33,34)/b30-19+. The number of rotatable bonds is 7. The van der Waals surface area contributed by atoms with Crippen LogP contribution in [0, 0.1) is 13.8 Å². The van der Waals surface area contributed by atoms with Crippen LogP contribution in [0.15, 0.2) is 53.6 Å². The van der Waals surface area contributed by atoms with E-state index in [9.17, 15) is 0 Å². The summed E-state index contributed by atoms with van der Waals surface area (Å²) in [7, 11) is 0. The highest BCUT2D eigenvalue weighted by atomic mass is 15.4. The molecule has 0 amide bonds. The highest BCUT2D eigenvalue weighted by Gasteiger charge is 2.21. The average molecular weight is 495 g/mol. The van der Waals surface area contributed by atoms with Crippen LogP contribution in [-0.2, 0) is 6.54 Å². The number of para-hydroxylation sites is 1. The normalized spacial score (nSPS) is 15.9. The summed E-state index contributed by atoms with van der Waals surface area (Å²) in [5.41, 5.74) is 9.24. The van der Waals surface area contributed by atoms with Gasteiger partial charge in [0.1, 0.15) is 0 Å². The van der Waals surface area contributed by atoms with Crippen LogP contribution < -0.4 is 15.2 Å². The summed E-state index contributed by atoms with van der Waals surface area (Å²) < 4.78 is 2.37. The van der Waals surface area contributed by atoms with Gasteiger partial charge < -0.3 is 14.4 Å². The summed E-state index contributed by atoms with van der Waals surface area (Å²) in [5.74, 6) is 1.99. The number of hydrazone groups is 1. The molecule has 2 fully saturated rings. The minimum Gasteiger partial charge on any atom is -0.341 e. The molecule has 0 atom stereocenters. The van der Waals surface area contributed by atoms with E-state index in [1.165, 1.54) is 53.4 Å². The van der Waals surface area contributed by atoms with Crippen LogP contribution in [0.2, 0.25) is 0 Å². The monoisotopic (exact) mass is 494 g/mol. The predicted octanol–water partition coefficient (Wildman–Crippen LogP) is 5.14. The number of benzene rings is 2. The minimum atomic E-state index is 0.497. The molecule has 2 aliphatic rings. The molecule has 2 aromatic heterocycles. The molecule has 2 aliphatic heterocycles. The maximum atomic E-state index is 4.80. The molecule has 0 radical (unpaired) electrons. The van der Waals surface area contributed by atoms with Gasteiger partial charge in [-0.05, 0) is 56.7 Å². The van der Waals surface area contributed by atoms with E-state index in [2.05, 4.69) is 87.3 Å². The summed E-state index contributed by atoms with van der Waals surface area (Å²) in [6, 6.07) is 17.1. The van der Waals surface area contributed by atoms with Crippen molar-refractivity contribution in [3.8, 4) is 0 Å². The van der Waals surface area contributed by atoms with Crippen molar-refractivity contribution in [2.75, 3.05) is 41.4 Å². The molecule has 2 saturated heterocycles. The number of hydrogen-bond donors (Lipinski definition) is 1. The van der Waals surface area contributed by atoms with Gasteiger partial charge in [-0.2, -0.15) is 20.1 Å². The summed E-state index contributed by atoms with van der Waals surface area (Å²) in [4.78, 5) is 18.7. The zero-order valence-electron chi connectivity index (χ0n) is 21.7. The number of hydrogen-bond acceptors (Lipinski definition) is 7. The van der Waals surface area contributed by atoms with E-state index in [1.54, 1.807) is 0 Å². The van der Waals surface area contributed by atoms with Crippen molar-refractivity contribution in [1.29, 1.82) is 0 Å².